The van der Waals surface area contributed by atoms with Gasteiger partial charge in [-0.2, -0.15) is 0 Å². The van der Waals surface area contributed by atoms with Crippen LogP contribution in [0.25, 0.3) is 21.5 Å². The molecule has 5 nitrogen and oxygen atoms in total. The number of hydrogen-bond acceptors (Lipinski definition) is 6. The first kappa shape index (κ1) is 20.6. The largest absolute Gasteiger partial charge is 0.491 e. The molecule has 0 spiro atoms. The van der Waals surface area contributed by atoms with E-state index in [1.54, 1.807) is 11.3 Å². The lowest BCUT2D eigenvalue weighted by Crippen LogP contribution is -2.32. The zero-order chi connectivity index (χ0) is 20.8. The Kier molecular flexibility index (Phi) is 6.79. The minimum absolute atomic E-state index is 0.238. The smallest absolute Gasteiger partial charge is 0.178 e. The highest BCUT2D eigenvalue weighted by atomic mass is 32.1. The van der Waals surface area contributed by atoms with Crippen LogP contribution in [0.15, 0.2) is 64.5 Å². The third-order valence-electron chi connectivity index (χ3n) is 4.91. The van der Waals surface area contributed by atoms with Gasteiger partial charge in [-0.1, -0.05) is 47.1 Å². The number of benzene rings is 2. The third-order valence-corrected chi connectivity index (χ3v) is 5.81. The second kappa shape index (κ2) is 9.89. The number of aliphatic hydroxyl groups is 1. The first-order chi connectivity index (χ1) is 14.7. The molecule has 6 heteroatoms. The molecule has 2 aromatic carbocycles. The minimum Gasteiger partial charge on any atom is -0.491 e. The average Bonchev–Trinajstić information content (AvgIpc) is 3.36. The Morgan fingerprint density at radius 2 is 2.07 bits per heavy atom. The third kappa shape index (κ3) is 5.27. The van der Waals surface area contributed by atoms with Crippen molar-refractivity contribution >= 4 is 21.6 Å². The van der Waals surface area contributed by atoms with Crippen LogP contribution in [0.1, 0.15) is 17.5 Å². The quantitative estimate of drug-likeness (QED) is 0.359. The summed E-state index contributed by atoms with van der Waals surface area (Å²) in [5, 5.41) is 19.7. The van der Waals surface area contributed by atoms with E-state index in [9.17, 15) is 5.11 Å². The van der Waals surface area contributed by atoms with Crippen molar-refractivity contribution in [3.05, 3.63) is 71.1 Å². The van der Waals surface area contributed by atoms with Gasteiger partial charge in [0.25, 0.3) is 0 Å². The first-order valence-electron chi connectivity index (χ1n) is 10.2. The Balaban J connectivity index is 1.20. The molecular formula is C24H26N2O3S. The van der Waals surface area contributed by atoms with E-state index in [2.05, 4.69) is 41.7 Å². The molecule has 1 atom stereocenters. The first-order valence-corrected chi connectivity index (χ1v) is 11.1. The van der Waals surface area contributed by atoms with E-state index in [1.807, 2.05) is 35.7 Å². The van der Waals surface area contributed by atoms with Gasteiger partial charge < -0.3 is 19.7 Å². The lowest BCUT2D eigenvalue weighted by molar-refractivity contribution is 0.106. The van der Waals surface area contributed by atoms with Crippen molar-refractivity contribution in [1.82, 2.24) is 10.5 Å². The fourth-order valence-electron chi connectivity index (χ4n) is 3.40. The summed E-state index contributed by atoms with van der Waals surface area (Å²) >= 11 is 1.61. The summed E-state index contributed by atoms with van der Waals surface area (Å²) in [4.78, 5) is 0. The van der Waals surface area contributed by atoms with Gasteiger partial charge >= 0.3 is 0 Å². The van der Waals surface area contributed by atoms with Crippen LogP contribution in [0.2, 0.25) is 0 Å². The van der Waals surface area contributed by atoms with E-state index in [0.29, 0.717) is 12.3 Å². The molecule has 0 radical (unpaired) electrons. The second-order valence-electron chi connectivity index (χ2n) is 7.43. The molecule has 0 saturated heterocycles. The summed E-state index contributed by atoms with van der Waals surface area (Å²) in [5.74, 6) is 0.707. The summed E-state index contributed by atoms with van der Waals surface area (Å²) in [5.41, 5.74) is 5.21. The number of nitrogens with one attached hydrogen (secondary N) is 1. The van der Waals surface area contributed by atoms with Gasteiger partial charge in [0.05, 0.1) is 0 Å². The molecule has 1 unspecified atom stereocenters. The number of ether oxygens (including phenoxy) is 1. The van der Waals surface area contributed by atoms with E-state index in [-0.39, 0.29) is 6.61 Å². The van der Waals surface area contributed by atoms with Gasteiger partial charge in [-0.25, -0.2) is 0 Å². The van der Waals surface area contributed by atoms with Crippen molar-refractivity contribution in [2.24, 2.45) is 0 Å². The van der Waals surface area contributed by atoms with Gasteiger partial charge in [-0.05, 0) is 55.5 Å². The zero-order valence-electron chi connectivity index (χ0n) is 17.0. The molecule has 30 heavy (non-hydrogen) atoms. The summed E-state index contributed by atoms with van der Waals surface area (Å²) in [6.45, 7) is 3.72. The van der Waals surface area contributed by atoms with Crippen molar-refractivity contribution in [2.45, 2.75) is 25.9 Å². The van der Waals surface area contributed by atoms with Crippen LogP contribution >= 0.6 is 11.3 Å². The van der Waals surface area contributed by atoms with Crippen molar-refractivity contribution < 1.29 is 14.4 Å². The SMILES string of the molecule is Cc1cccc(CCCNCC(O)COc2cccc(-c3noc4ccsc34)c2)c1. The molecule has 0 amide bonds. The van der Waals surface area contributed by atoms with Crippen molar-refractivity contribution in [3.63, 3.8) is 0 Å². The monoisotopic (exact) mass is 422 g/mol. The molecule has 0 bridgehead atoms. The molecule has 0 fully saturated rings. The Bertz CT molecular complexity index is 1090. The number of aromatic nitrogens is 1. The lowest BCUT2D eigenvalue weighted by Gasteiger charge is -2.14. The number of aryl methyl sites for hydroxylation is 2. The molecule has 4 rings (SSSR count). The number of thiophene rings is 1. The van der Waals surface area contributed by atoms with Crippen molar-refractivity contribution in [1.29, 1.82) is 0 Å². The Morgan fingerprint density at radius 1 is 1.17 bits per heavy atom. The number of fused-ring (bicyclic) bond motifs is 1. The minimum atomic E-state index is -0.566. The van der Waals surface area contributed by atoms with Crippen LogP contribution in [0.4, 0.5) is 0 Å². The highest BCUT2D eigenvalue weighted by Crippen LogP contribution is 2.33. The molecule has 2 aromatic heterocycles. The van der Waals surface area contributed by atoms with E-state index >= 15 is 0 Å². The Labute approximate surface area is 180 Å². The number of rotatable bonds is 10. The van der Waals surface area contributed by atoms with Crippen LogP contribution in [0.3, 0.4) is 0 Å². The van der Waals surface area contributed by atoms with Gasteiger partial charge in [-0.15, -0.1) is 11.3 Å². The van der Waals surface area contributed by atoms with E-state index in [4.69, 9.17) is 9.26 Å². The molecule has 0 aliphatic heterocycles. The van der Waals surface area contributed by atoms with Gasteiger partial charge in [0.1, 0.15) is 28.9 Å². The number of aliphatic hydroxyl groups excluding tert-OH is 1. The Morgan fingerprint density at radius 3 is 2.97 bits per heavy atom. The summed E-state index contributed by atoms with van der Waals surface area (Å²) in [6, 6.07) is 18.2. The molecule has 0 aliphatic rings. The molecule has 2 heterocycles. The molecule has 4 aromatic rings. The topological polar surface area (TPSA) is 67.5 Å². The fourth-order valence-corrected chi connectivity index (χ4v) is 4.22. The predicted octanol–water partition coefficient (Wildman–Crippen LogP) is 4.83. The highest BCUT2D eigenvalue weighted by molar-refractivity contribution is 7.17. The van der Waals surface area contributed by atoms with Crippen LogP contribution in [0, 0.1) is 6.92 Å². The zero-order valence-corrected chi connectivity index (χ0v) is 17.8. The Hall–Kier alpha value is -2.67. The number of hydrogen-bond donors (Lipinski definition) is 2. The maximum absolute atomic E-state index is 10.2. The van der Waals surface area contributed by atoms with E-state index < -0.39 is 6.10 Å². The summed E-state index contributed by atoms with van der Waals surface area (Å²) in [6.07, 6.45) is 1.50. The fraction of sp³-hybridized carbons (Fsp3) is 0.292. The lowest BCUT2D eigenvalue weighted by atomic mass is 10.1. The average molecular weight is 423 g/mol. The second-order valence-corrected chi connectivity index (χ2v) is 8.35. The summed E-state index contributed by atoms with van der Waals surface area (Å²) < 4.78 is 12.2. The van der Waals surface area contributed by atoms with E-state index in [1.165, 1.54) is 11.1 Å². The van der Waals surface area contributed by atoms with Crippen LogP contribution in [-0.2, 0) is 6.42 Å². The van der Waals surface area contributed by atoms with Crippen molar-refractivity contribution in [3.8, 4) is 17.0 Å². The molecule has 0 saturated carbocycles. The highest BCUT2D eigenvalue weighted by Gasteiger charge is 2.12. The molecule has 0 aliphatic carbocycles. The number of nitrogens with zero attached hydrogens (tertiary/aromatic N) is 1. The van der Waals surface area contributed by atoms with E-state index in [0.717, 1.165) is 40.9 Å². The van der Waals surface area contributed by atoms with Crippen LogP contribution in [-0.4, -0.2) is 36.1 Å². The maximum Gasteiger partial charge on any atom is 0.178 e. The normalized spacial score (nSPS) is 12.3. The molecule has 2 N–H and O–H groups in total. The summed E-state index contributed by atoms with van der Waals surface area (Å²) in [7, 11) is 0. The van der Waals surface area contributed by atoms with Gasteiger partial charge in [-0.3, -0.25) is 0 Å². The molecular weight excluding hydrogens is 396 g/mol. The van der Waals surface area contributed by atoms with Gasteiger partial charge in [0.2, 0.25) is 0 Å². The van der Waals surface area contributed by atoms with Crippen LogP contribution in [0.5, 0.6) is 5.75 Å². The molecule has 156 valence electrons. The van der Waals surface area contributed by atoms with Gasteiger partial charge in [0, 0.05) is 12.1 Å². The standard InChI is InChI=1S/C24H26N2O3S/c1-17-5-2-6-18(13-17)7-4-11-25-15-20(27)16-28-21-9-3-8-19(14-21)23-24-22(29-26-23)10-12-30-24/h2-3,5-6,8-10,12-14,20,25,27H,4,7,11,15-16H2,1H3. The van der Waals surface area contributed by atoms with Crippen LogP contribution < -0.4 is 10.1 Å². The maximum atomic E-state index is 10.2. The predicted molar refractivity (Wildman–Crippen MR) is 121 cm³/mol. The van der Waals surface area contributed by atoms with Gasteiger partial charge in [0.15, 0.2) is 5.58 Å². The van der Waals surface area contributed by atoms with Crippen molar-refractivity contribution in [2.75, 3.05) is 19.7 Å².